The van der Waals surface area contributed by atoms with Gasteiger partial charge in [0.25, 0.3) is 0 Å². The summed E-state index contributed by atoms with van der Waals surface area (Å²) in [6.07, 6.45) is 3.25. The van der Waals surface area contributed by atoms with E-state index in [4.69, 9.17) is 4.42 Å². The lowest BCUT2D eigenvalue weighted by Crippen LogP contribution is -2.38. The lowest BCUT2D eigenvalue weighted by molar-refractivity contribution is 0.326. The third kappa shape index (κ3) is 2.53. The first-order valence-electron chi connectivity index (χ1n) is 7.57. The van der Waals surface area contributed by atoms with Crippen LogP contribution in [0.25, 0.3) is 11.3 Å². The number of hydrogen-bond donors (Lipinski definition) is 0. The van der Waals surface area contributed by atoms with Crippen LogP contribution in [0.1, 0.15) is 11.6 Å². The number of rotatable bonds is 3. The number of benzene rings is 1. The Hall–Kier alpha value is -2.45. The molecule has 1 aromatic carbocycles. The molecule has 3 aromatic rings. The van der Waals surface area contributed by atoms with E-state index >= 15 is 0 Å². The summed E-state index contributed by atoms with van der Waals surface area (Å²) < 4.78 is 34.2. The van der Waals surface area contributed by atoms with E-state index in [-0.39, 0.29) is 4.90 Å². The van der Waals surface area contributed by atoms with Crippen LogP contribution in [0.15, 0.2) is 52.1 Å². The third-order valence-corrected chi connectivity index (χ3v) is 5.97. The van der Waals surface area contributed by atoms with Gasteiger partial charge >= 0.3 is 0 Å². The fourth-order valence-electron chi connectivity index (χ4n) is 2.81. The molecule has 0 aliphatic carbocycles. The number of aromatic nitrogens is 3. The lowest BCUT2D eigenvalue weighted by atomic mass is 10.2. The summed E-state index contributed by atoms with van der Waals surface area (Å²) in [7, 11) is -3.53. The topological polar surface area (TPSA) is 81.2 Å². The van der Waals surface area contributed by atoms with E-state index in [2.05, 4.69) is 10.1 Å². The summed E-state index contributed by atoms with van der Waals surface area (Å²) in [5, 5.41) is 4.17. The number of sulfonamides is 1. The van der Waals surface area contributed by atoms with Crippen molar-refractivity contribution in [3.8, 4) is 11.3 Å². The Kier molecular flexibility index (Phi) is 3.50. The van der Waals surface area contributed by atoms with Crippen LogP contribution >= 0.6 is 0 Å². The van der Waals surface area contributed by atoms with Gasteiger partial charge in [-0.25, -0.2) is 13.4 Å². The molecule has 1 aliphatic rings. The number of oxazole rings is 1. The van der Waals surface area contributed by atoms with Crippen molar-refractivity contribution in [3.63, 3.8) is 0 Å². The molecule has 3 heterocycles. The van der Waals surface area contributed by atoms with Gasteiger partial charge in [0.2, 0.25) is 10.0 Å². The maximum atomic E-state index is 12.8. The number of nitrogens with zero attached hydrogens (tertiary/aromatic N) is 4. The van der Waals surface area contributed by atoms with Crippen LogP contribution in [0, 0.1) is 6.92 Å². The van der Waals surface area contributed by atoms with Gasteiger partial charge in [-0.15, -0.1) is 0 Å². The average molecular weight is 344 g/mol. The van der Waals surface area contributed by atoms with Gasteiger partial charge < -0.3 is 4.42 Å². The minimum absolute atomic E-state index is 0.277. The summed E-state index contributed by atoms with van der Waals surface area (Å²) in [6, 6.07) is 8.57. The van der Waals surface area contributed by atoms with Gasteiger partial charge in [-0.2, -0.15) is 9.40 Å². The van der Waals surface area contributed by atoms with E-state index in [1.165, 1.54) is 4.31 Å². The predicted molar refractivity (Wildman–Crippen MR) is 86.5 cm³/mol. The normalized spacial score (nSPS) is 15.4. The molecule has 124 valence electrons. The summed E-state index contributed by atoms with van der Waals surface area (Å²) in [5.74, 6) is 0.576. The average Bonchev–Trinajstić information content (AvgIpc) is 3.23. The highest BCUT2D eigenvalue weighted by Gasteiger charge is 2.28. The second-order valence-electron chi connectivity index (χ2n) is 5.66. The first-order chi connectivity index (χ1) is 11.5. The molecular formula is C16H16N4O3S. The summed E-state index contributed by atoms with van der Waals surface area (Å²) >= 11 is 0. The van der Waals surface area contributed by atoms with Crippen LogP contribution in [0.4, 0.5) is 0 Å². The van der Waals surface area contributed by atoms with Gasteiger partial charge in [0.05, 0.1) is 23.7 Å². The molecule has 0 spiro atoms. The molecule has 0 radical (unpaired) electrons. The van der Waals surface area contributed by atoms with E-state index in [9.17, 15) is 8.42 Å². The van der Waals surface area contributed by atoms with Crippen molar-refractivity contribution in [3.05, 3.63) is 54.4 Å². The molecule has 7 nitrogen and oxygen atoms in total. The van der Waals surface area contributed by atoms with E-state index in [0.717, 1.165) is 11.3 Å². The van der Waals surface area contributed by atoms with E-state index < -0.39 is 10.0 Å². The molecular weight excluding hydrogens is 328 g/mol. The fourth-order valence-corrected chi connectivity index (χ4v) is 4.21. The van der Waals surface area contributed by atoms with Crippen molar-refractivity contribution >= 4 is 10.0 Å². The standard InChI is InChI=1S/C16H16N4O3S/c1-12-18-16(11-23-12)13-2-4-15(5-3-13)24(21,22)19-8-9-20-14(10-19)6-7-17-20/h2-7,11H,8-10H2,1H3. The maximum absolute atomic E-state index is 12.8. The van der Waals surface area contributed by atoms with E-state index in [1.54, 1.807) is 43.6 Å². The van der Waals surface area contributed by atoms with Crippen LogP contribution in [0.3, 0.4) is 0 Å². The van der Waals surface area contributed by atoms with Crippen LogP contribution < -0.4 is 0 Å². The molecule has 0 atom stereocenters. The fraction of sp³-hybridized carbons (Fsp3) is 0.250. The lowest BCUT2D eigenvalue weighted by Gasteiger charge is -2.27. The molecule has 0 bridgehead atoms. The van der Waals surface area contributed by atoms with Gasteiger partial charge in [0.15, 0.2) is 5.89 Å². The van der Waals surface area contributed by atoms with Gasteiger partial charge in [0, 0.05) is 25.2 Å². The quantitative estimate of drug-likeness (QED) is 0.726. The van der Waals surface area contributed by atoms with Gasteiger partial charge in [-0.1, -0.05) is 12.1 Å². The second kappa shape index (κ2) is 5.57. The Morgan fingerprint density at radius 2 is 1.92 bits per heavy atom. The maximum Gasteiger partial charge on any atom is 0.243 e. The molecule has 0 fully saturated rings. The smallest absolute Gasteiger partial charge is 0.243 e. The first-order valence-corrected chi connectivity index (χ1v) is 9.01. The van der Waals surface area contributed by atoms with Crippen LogP contribution in [-0.4, -0.2) is 34.0 Å². The van der Waals surface area contributed by atoms with Crippen LogP contribution in [0.2, 0.25) is 0 Å². The van der Waals surface area contributed by atoms with Gasteiger partial charge in [-0.05, 0) is 18.2 Å². The highest BCUT2D eigenvalue weighted by molar-refractivity contribution is 7.89. The largest absolute Gasteiger partial charge is 0.449 e. The predicted octanol–water partition coefficient (Wildman–Crippen LogP) is 2.05. The molecule has 24 heavy (non-hydrogen) atoms. The monoisotopic (exact) mass is 344 g/mol. The Morgan fingerprint density at radius 1 is 1.12 bits per heavy atom. The SMILES string of the molecule is Cc1nc(-c2ccc(S(=O)(=O)N3CCn4nccc4C3)cc2)co1. The van der Waals surface area contributed by atoms with Crippen LogP contribution in [0.5, 0.6) is 0 Å². The molecule has 2 aromatic heterocycles. The van der Waals surface area contributed by atoms with Crippen molar-refractivity contribution in [2.24, 2.45) is 0 Å². The molecule has 0 saturated heterocycles. The second-order valence-corrected chi connectivity index (χ2v) is 7.60. The molecule has 4 rings (SSSR count). The minimum atomic E-state index is -3.53. The zero-order chi connectivity index (χ0) is 16.7. The molecule has 0 saturated carbocycles. The zero-order valence-corrected chi connectivity index (χ0v) is 13.9. The van der Waals surface area contributed by atoms with Gasteiger partial charge in [-0.3, -0.25) is 4.68 Å². The Labute approximate surface area is 139 Å². The summed E-state index contributed by atoms with van der Waals surface area (Å²) in [4.78, 5) is 4.52. The Morgan fingerprint density at radius 3 is 2.62 bits per heavy atom. The Balaban J connectivity index is 1.61. The molecule has 8 heteroatoms. The molecule has 0 amide bonds. The minimum Gasteiger partial charge on any atom is -0.449 e. The van der Waals surface area contributed by atoms with E-state index in [1.807, 2.05) is 10.7 Å². The molecule has 0 unspecified atom stereocenters. The van der Waals surface area contributed by atoms with Crippen molar-refractivity contribution in [2.75, 3.05) is 6.54 Å². The van der Waals surface area contributed by atoms with Crippen molar-refractivity contribution in [1.82, 2.24) is 19.1 Å². The number of hydrogen-bond acceptors (Lipinski definition) is 5. The molecule has 0 N–H and O–H groups in total. The highest BCUT2D eigenvalue weighted by Crippen LogP contribution is 2.24. The zero-order valence-electron chi connectivity index (χ0n) is 13.1. The molecule has 1 aliphatic heterocycles. The van der Waals surface area contributed by atoms with Crippen molar-refractivity contribution in [1.29, 1.82) is 0 Å². The van der Waals surface area contributed by atoms with Crippen molar-refractivity contribution < 1.29 is 12.8 Å². The Bertz CT molecular complexity index is 973. The number of fused-ring (bicyclic) bond motifs is 1. The first kappa shape index (κ1) is 15.1. The highest BCUT2D eigenvalue weighted by atomic mass is 32.2. The van der Waals surface area contributed by atoms with Crippen LogP contribution in [-0.2, 0) is 23.1 Å². The summed E-state index contributed by atoms with van der Waals surface area (Å²) in [6.45, 7) is 3.09. The van der Waals surface area contributed by atoms with Gasteiger partial charge in [0.1, 0.15) is 12.0 Å². The number of aryl methyl sites for hydroxylation is 1. The third-order valence-electron chi connectivity index (χ3n) is 4.11. The van der Waals surface area contributed by atoms with E-state index in [0.29, 0.717) is 31.2 Å². The van der Waals surface area contributed by atoms with Crippen molar-refractivity contribution in [2.45, 2.75) is 24.9 Å². The summed E-state index contributed by atoms with van der Waals surface area (Å²) in [5.41, 5.74) is 2.42.